The predicted molar refractivity (Wildman–Crippen MR) is 119 cm³/mol. The molecule has 0 spiro atoms. The van der Waals surface area contributed by atoms with E-state index in [2.05, 4.69) is 15.6 Å². The van der Waals surface area contributed by atoms with Crippen LogP contribution in [0.5, 0.6) is 11.5 Å². The summed E-state index contributed by atoms with van der Waals surface area (Å²) in [7, 11) is 7.57. The number of carbonyl (C=O) groups excluding carboxylic acids is 2. The van der Waals surface area contributed by atoms with Gasteiger partial charge >= 0.3 is 5.97 Å². The molecule has 0 aliphatic heterocycles. The summed E-state index contributed by atoms with van der Waals surface area (Å²) in [5.41, 5.74) is 2.67. The van der Waals surface area contributed by atoms with Crippen LogP contribution in [0.4, 0.5) is 11.4 Å². The molecule has 0 unspecified atom stereocenters. The van der Waals surface area contributed by atoms with Crippen molar-refractivity contribution in [2.24, 2.45) is 7.05 Å². The second kappa shape index (κ2) is 10.0. The number of benzene rings is 1. The van der Waals surface area contributed by atoms with Crippen molar-refractivity contribution in [1.29, 1.82) is 0 Å². The van der Waals surface area contributed by atoms with Gasteiger partial charge in [-0.3, -0.25) is 4.79 Å². The maximum Gasteiger partial charge on any atom is 0.356 e. The molecule has 10 heteroatoms. The second-order valence-corrected chi connectivity index (χ2v) is 6.93. The van der Waals surface area contributed by atoms with E-state index in [1.54, 1.807) is 38.1 Å². The first-order chi connectivity index (χ1) is 15.4. The summed E-state index contributed by atoms with van der Waals surface area (Å²) in [6.45, 7) is 0.322. The Morgan fingerprint density at radius 2 is 1.72 bits per heavy atom. The fourth-order valence-corrected chi connectivity index (χ4v) is 3.35. The van der Waals surface area contributed by atoms with Crippen LogP contribution in [0.3, 0.4) is 0 Å². The van der Waals surface area contributed by atoms with Gasteiger partial charge in [0.05, 0.1) is 38.9 Å². The number of methoxy groups -OCH3 is 4. The van der Waals surface area contributed by atoms with E-state index >= 15 is 0 Å². The molecule has 0 radical (unpaired) electrons. The van der Waals surface area contributed by atoms with E-state index in [9.17, 15) is 9.59 Å². The topological polar surface area (TPSA) is 113 Å². The lowest BCUT2D eigenvalue weighted by Gasteiger charge is -2.11. The average Bonchev–Trinajstić information content (AvgIpc) is 3.07. The van der Waals surface area contributed by atoms with Gasteiger partial charge in [-0.15, -0.1) is 0 Å². The van der Waals surface area contributed by atoms with Crippen LogP contribution in [0.1, 0.15) is 16.1 Å². The van der Waals surface area contributed by atoms with Crippen molar-refractivity contribution in [3.8, 4) is 11.5 Å². The largest absolute Gasteiger partial charge is 0.497 e. The molecule has 2 heterocycles. The second-order valence-electron chi connectivity index (χ2n) is 6.93. The van der Waals surface area contributed by atoms with Gasteiger partial charge in [0.1, 0.15) is 23.8 Å². The van der Waals surface area contributed by atoms with Crippen molar-refractivity contribution in [3.63, 3.8) is 0 Å². The molecule has 0 aliphatic rings. The number of hydrogen-bond donors (Lipinski definition) is 2. The number of amides is 1. The van der Waals surface area contributed by atoms with E-state index in [0.29, 0.717) is 40.5 Å². The highest BCUT2D eigenvalue weighted by atomic mass is 16.5. The zero-order valence-corrected chi connectivity index (χ0v) is 18.6. The van der Waals surface area contributed by atoms with Gasteiger partial charge in [0, 0.05) is 32.2 Å². The number of esters is 1. The highest BCUT2D eigenvalue weighted by molar-refractivity contribution is 6.11. The van der Waals surface area contributed by atoms with Gasteiger partial charge in [-0.25, -0.2) is 9.78 Å². The van der Waals surface area contributed by atoms with E-state index in [-0.39, 0.29) is 12.3 Å². The minimum atomic E-state index is -0.587. The number of nitrogens with zero attached hydrogens (tertiary/aromatic N) is 2. The molecule has 32 heavy (non-hydrogen) atoms. The standard InChI is InChI=1S/C22H26N4O6/c1-26-20(22(28)32-5)19(25-18(27)12-29-2)17-8-14(11-24-21(17)26)23-10-13-6-15(30-3)9-16(7-13)31-4/h6-9,11,23H,10,12H2,1-5H3,(H,25,27). The van der Waals surface area contributed by atoms with Crippen LogP contribution in [0, 0.1) is 0 Å². The Hall–Kier alpha value is -3.79. The number of carbonyl (C=O) groups is 2. The number of nitrogens with one attached hydrogen (secondary N) is 2. The minimum absolute atomic E-state index is 0.153. The maximum absolute atomic E-state index is 12.4. The quantitative estimate of drug-likeness (QED) is 0.486. The van der Waals surface area contributed by atoms with Gasteiger partial charge in [0.25, 0.3) is 0 Å². The van der Waals surface area contributed by atoms with Gasteiger partial charge in [-0.1, -0.05) is 0 Å². The molecular weight excluding hydrogens is 416 g/mol. The number of rotatable bonds is 9. The molecule has 1 aromatic carbocycles. The average molecular weight is 442 g/mol. The first kappa shape index (κ1) is 22.9. The molecule has 0 aliphatic carbocycles. The summed E-state index contributed by atoms with van der Waals surface area (Å²) < 4.78 is 22.0. The lowest BCUT2D eigenvalue weighted by molar-refractivity contribution is -0.119. The molecule has 1 amide bonds. The summed E-state index contributed by atoms with van der Waals surface area (Å²) in [5, 5.41) is 6.62. The first-order valence-electron chi connectivity index (χ1n) is 9.73. The summed E-state index contributed by atoms with van der Waals surface area (Å²) in [4.78, 5) is 29.0. The van der Waals surface area contributed by atoms with E-state index < -0.39 is 11.9 Å². The molecule has 3 aromatic rings. The molecule has 0 saturated heterocycles. The van der Waals surface area contributed by atoms with Gasteiger partial charge in [0.2, 0.25) is 5.91 Å². The third-order valence-electron chi connectivity index (χ3n) is 4.85. The molecule has 3 rings (SSSR count). The van der Waals surface area contributed by atoms with Gasteiger partial charge in [-0.2, -0.15) is 0 Å². The third kappa shape index (κ3) is 4.75. The van der Waals surface area contributed by atoms with E-state index in [4.69, 9.17) is 18.9 Å². The molecule has 170 valence electrons. The molecule has 10 nitrogen and oxygen atoms in total. The zero-order valence-electron chi connectivity index (χ0n) is 18.6. The van der Waals surface area contributed by atoms with Crippen molar-refractivity contribution in [3.05, 3.63) is 41.7 Å². The number of hydrogen-bond acceptors (Lipinski definition) is 8. The van der Waals surface area contributed by atoms with Crippen molar-refractivity contribution in [2.75, 3.05) is 45.7 Å². The van der Waals surface area contributed by atoms with Crippen LogP contribution < -0.4 is 20.1 Å². The molecule has 2 aromatic heterocycles. The number of pyridine rings is 1. The van der Waals surface area contributed by atoms with Crippen LogP contribution in [0.15, 0.2) is 30.5 Å². The van der Waals surface area contributed by atoms with Crippen LogP contribution in [-0.2, 0) is 27.9 Å². The Labute approximate surface area is 185 Å². The number of ether oxygens (including phenoxy) is 4. The molecule has 0 saturated carbocycles. The SMILES string of the molecule is COCC(=O)Nc1c(C(=O)OC)n(C)c2ncc(NCc3cc(OC)cc(OC)c3)cc12. The molecule has 2 N–H and O–H groups in total. The highest BCUT2D eigenvalue weighted by Crippen LogP contribution is 2.32. The Balaban J connectivity index is 1.96. The Morgan fingerprint density at radius 1 is 1.03 bits per heavy atom. The Bertz CT molecular complexity index is 1120. The number of aromatic nitrogens is 2. The predicted octanol–water partition coefficient (Wildman–Crippen LogP) is 2.57. The molecule has 0 atom stereocenters. The highest BCUT2D eigenvalue weighted by Gasteiger charge is 2.24. The Kier molecular flexibility index (Phi) is 7.16. The van der Waals surface area contributed by atoms with Crippen LogP contribution in [-0.4, -0.2) is 56.5 Å². The van der Waals surface area contributed by atoms with Crippen molar-refractivity contribution in [2.45, 2.75) is 6.54 Å². The number of anilines is 2. The Morgan fingerprint density at radius 3 is 2.31 bits per heavy atom. The summed E-state index contributed by atoms with van der Waals surface area (Å²) >= 11 is 0. The summed E-state index contributed by atoms with van der Waals surface area (Å²) in [5.74, 6) is 0.385. The monoisotopic (exact) mass is 442 g/mol. The maximum atomic E-state index is 12.4. The molecular formula is C22H26N4O6. The van der Waals surface area contributed by atoms with Crippen molar-refractivity contribution >= 4 is 34.3 Å². The lowest BCUT2D eigenvalue weighted by Crippen LogP contribution is -2.19. The van der Waals surface area contributed by atoms with Crippen LogP contribution in [0.2, 0.25) is 0 Å². The fraction of sp³-hybridized carbons (Fsp3) is 0.318. The molecule has 0 fully saturated rings. The first-order valence-corrected chi connectivity index (χ1v) is 9.73. The smallest absolute Gasteiger partial charge is 0.356 e. The number of aryl methyl sites for hydroxylation is 1. The van der Waals surface area contributed by atoms with Crippen LogP contribution in [0.25, 0.3) is 11.0 Å². The van der Waals surface area contributed by atoms with E-state index in [1.165, 1.54) is 14.2 Å². The van der Waals surface area contributed by atoms with Crippen molar-refractivity contribution in [1.82, 2.24) is 9.55 Å². The normalized spacial score (nSPS) is 10.7. The molecule has 0 bridgehead atoms. The van der Waals surface area contributed by atoms with Gasteiger partial charge in [0.15, 0.2) is 5.69 Å². The van der Waals surface area contributed by atoms with Gasteiger partial charge < -0.3 is 34.1 Å². The van der Waals surface area contributed by atoms with E-state index in [0.717, 1.165) is 5.56 Å². The fourth-order valence-electron chi connectivity index (χ4n) is 3.35. The third-order valence-corrected chi connectivity index (χ3v) is 4.85. The minimum Gasteiger partial charge on any atom is -0.497 e. The summed E-state index contributed by atoms with van der Waals surface area (Å²) in [6, 6.07) is 7.41. The number of fused-ring (bicyclic) bond motifs is 1. The van der Waals surface area contributed by atoms with Crippen LogP contribution >= 0.6 is 0 Å². The lowest BCUT2D eigenvalue weighted by atomic mass is 10.2. The zero-order chi connectivity index (χ0) is 23.3. The van der Waals surface area contributed by atoms with Gasteiger partial charge in [-0.05, 0) is 23.8 Å². The summed E-state index contributed by atoms with van der Waals surface area (Å²) in [6.07, 6.45) is 1.65. The van der Waals surface area contributed by atoms with Crippen molar-refractivity contribution < 1.29 is 28.5 Å². The van der Waals surface area contributed by atoms with E-state index in [1.807, 2.05) is 18.2 Å².